The first-order valence-electron chi connectivity index (χ1n) is 3.22. The molecule has 0 spiro atoms. The molecule has 0 saturated carbocycles. The van der Waals surface area contributed by atoms with Crippen LogP contribution in [0.2, 0.25) is 0 Å². The second kappa shape index (κ2) is 4.43. The van der Waals surface area contributed by atoms with Gasteiger partial charge >= 0.3 is 5.82 Å². The van der Waals surface area contributed by atoms with Crippen LogP contribution in [-0.2, 0) is 0 Å². The molecule has 0 fully saturated rings. The van der Waals surface area contributed by atoms with E-state index in [1.54, 1.807) is 0 Å². The average Bonchev–Trinajstić information content (AvgIpc) is 2.07. The average molecular weight is 379 g/mol. The smallest absolute Gasteiger partial charge is 0.358 e. The first-order valence-corrected chi connectivity index (χ1v) is 5.09. The van der Waals surface area contributed by atoms with E-state index in [0.29, 0.717) is 0 Å². The fourth-order valence-electron chi connectivity index (χ4n) is 0.783. The summed E-state index contributed by atoms with van der Waals surface area (Å²) in [5.41, 5.74) is -0.390. The lowest BCUT2D eigenvalue weighted by atomic mass is 10.3. The van der Waals surface area contributed by atoms with Gasteiger partial charge in [0.05, 0.1) is 0 Å². The van der Waals surface area contributed by atoms with E-state index in [1.807, 2.05) is 0 Å². The molecular weight excluding hydrogens is 377 g/mol. The maximum atomic E-state index is 12.4. The number of nitro groups is 1. The molecule has 0 N–H and O–H groups in total. The summed E-state index contributed by atoms with van der Waals surface area (Å²) in [5, 5.41) is 10.4. The van der Waals surface area contributed by atoms with Gasteiger partial charge in [-0.15, -0.1) is 0 Å². The zero-order valence-electron chi connectivity index (χ0n) is 6.38. The van der Waals surface area contributed by atoms with Crippen molar-refractivity contribution in [2.45, 2.75) is 6.43 Å². The summed E-state index contributed by atoms with van der Waals surface area (Å²) in [6, 6.07) is 1.07. The molecule has 0 aliphatic carbocycles. The van der Waals surface area contributed by atoms with Crippen LogP contribution in [0.5, 0.6) is 0 Å². The molecule has 0 atom stereocenters. The number of hydrogen-bond donors (Lipinski definition) is 0. The van der Waals surface area contributed by atoms with Gasteiger partial charge in [0.2, 0.25) is 4.60 Å². The van der Waals surface area contributed by atoms with Gasteiger partial charge in [-0.2, -0.15) is 0 Å². The third-order valence-electron chi connectivity index (χ3n) is 1.35. The molecule has 0 radical (unpaired) electrons. The quantitative estimate of drug-likeness (QED) is 0.343. The zero-order valence-corrected chi connectivity index (χ0v) is 10.1. The second-order valence-electron chi connectivity index (χ2n) is 2.23. The summed E-state index contributed by atoms with van der Waals surface area (Å²) < 4.78 is 24.6. The Balaban J connectivity index is 3.40. The minimum absolute atomic E-state index is 0.0277. The maximum Gasteiger partial charge on any atom is 0.378 e. The molecule has 0 aromatic carbocycles. The van der Waals surface area contributed by atoms with E-state index in [4.69, 9.17) is 0 Å². The van der Waals surface area contributed by atoms with Crippen LogP contribution in [0.4, 0.5) is 14.6 Å². The van der Waals surface area contributed by atoms with Crippen LogP contribution in [0.15, 0.2) is 10.7 Å². The van der Waals surface area contributed by atoms with Gasteiger partial charge in [-0.05, 0) is 32.5 Å². The van der Waals surface area contributed by atoms with E-state index in [1.165, 1.54) is 22.6 Å². The first kappa shape index (κ1) is 11.7. The fourth-order valence-corrected chi connectivity index (χ4v) is 1.91. The van der Waals surface area contributed by atoms with Crippen molar-refractivity contribution in [1.82, 2.24) is 4.98 Å². The maximum absolute atomic E-state index is 12.4. The minimum Gasteiger partial charge on any atom is -0.358 e. The molecule has 0 amide bonds. The SMILES string of the molecule is O=[N+]([O-])c1nc(Br)cc(C(F)F)c1I. The molecule has 8 heteroatoms. The highest BCUT2D eigenvalue weighted by Gasteiger charge is 2.24. The summed E-state index contributed by atoms with van der Waals surface area (Å²) >= 11 is 4.31. The molecule has 1 aromatic rings. The van der Waals surface area contributed by atoms with E-state index in [2.05, 4.69) is 20.9 Å². The second-order valence-corrected chi connectivity index (χ2v) is 4.12. The fraction of sp³-hybridized carbons (Fsp3) is 0.167. The summed E-state index contributed by atoms with van der Waals surface area (Å²) in [5.74, 6) is -0.560. The standard InChI is InChI=1S/C6H2BrF2IN2O2/c7-3-1-2(5(8)9)4(10)6(11-3)12(13)14/h1,5H. The molecule has 0 unspecified atom stereocenters. The van der Waals surface area contributed by atoms with Gasteiger partial charge in [0.1, 0.15) is 3.57 Å². The van der Waals surface area contributed by atoms with Crippen LogP contribution in [0, 0.1) is 13.7 Å². The molecule has 1 heterocycles. The van der Waals surface area contributed by atoms with Gasteiger partial charge in [-0.25, -0.2) is 8.78 Å². The largest absolute Gasteiger partial charge is 0.378 e. The monoisotopic (exact) mass is 378 g/mol. The van der Waals surface area contributed by atoms with Crippen molar-refractivity contribution in [2.75, 3.05) is 0 Å². The molecule has 4 nitrogen and oxygen atoms in total. The first-order chi connectivity index (χ1) is 6.43. The van der Waals surface area contributed by atoms with Crippen molar-refractivity contribution in [3.8, 4) is 0 Å². The van der Waals surface area contributed by atoms with Crippen molar-refractivity contribution >= 4 is 44.3 Å². The van der Waals surface area contributed by atoms with Gasteiger partial charge in [-0.3, -0.25) is 0 Å². The summed E-state index contributed by atoms with van der Waals surface area (Å²) in [7, 11) is 0. The van der Waals surface area contributed by atoms with Crippen molar-refractivity contribution < 1.29 is 13.7 Å². The topological polar surface area (TPSA) is 56.0 Å². The lowest BCUT2D eigenvalue weighted by Gasteiger charge is -2.02. The van der Waals surface area contributed by atoms with Gasteiger partial charge < -0.3 is 10.1 Å². The van der Waals surface area contributed by atoms with Crippen LogP contribution in [0.3, 0.4) is 0 Å². The lowest BCUT2D eigenvalue weighted by molar-refractivity contribution is -0.390. The molecule has 0 bridgehead atoms. The van der Waals surface area contributed by atoms with Crippen molar-refractivity contribution in [2.24, 2.45) is 0 Å². The third kappa shape index (κ3) is 2.35. The van der Waals surface area contributed by atoms with Gasteiger partial charge in [0.15, 0.2) is 0 Å². The lowest BCUT2D eigenvalue weighted by Crippen LogP contribution is -2.00. The number of nitrogens with zero attached hydrogens (tertiary/aromatic N) is 2. The highest BCUT2D eigenvalue weighted by molar-refractivity contribution is 14.1. The van der Waals surface area contributed by atoms with Crippen LogP contribution in [0.25, 0.3) is 0 Å². The number of hydrogen-bond acceptors (Lipinski definition) is 3. The van der Waals surface area contributed by atoms with Crippen LogP contribution in [-0.4, -0.2) is 9.91 Å². The molecule has 1 rings (SSSR count). The minimum atomic E-state index is -2.75. The van der Waals surface area contributed by atoms with Crippen molar-refractivity contribution in [1.29, 1.82) is 0 Å². The number of pyridine rings is 1. The van der Waals surface area contributed by atoms with E-state index in [0.717, 1.165) is 6.07 Å². The number of halogens is 4. The van der Waals surface area contributed by atoms with Gasteiger partial charge in [-0.1, -0.05) is 0 Å². The Bertz CT molecular complexity index is 388. The molecule has 14 heavy (non-hydrogen) atoms. The van der Waals surface area contributed by atoms with E-state index in [-0.39, 0.29) is 13.7 Å². The summed E-state index contributed by atoms with van der Waals surface area (Å²) in [6.07, 6.45) is -2.75. The molecule has 1 aromatic heterocycles. The summed E-state index contributed by atoms with van der Waals surface area (Å²) in [4.78, 5) is 13.1. The number of aromatic nitrogens is 1. The Hall–Kier alpha value is -0.380. The normalized spacial score (nSPS) is 10.6. The van der Waals surface area contributed by atoms with Gasteiger partial charge in [0.25, 0.3) is 6.43 Å². The van der Waals surface area contributed by atoms with Crippen LogP contribution in [0.1, 0.15) is 12.0 Å². The third-order valence-corrected chi connectivity index (χ3v) is 2.86. The zero-order chi connectivity index (χ0) is 10.9. The Kier molecular flexibility index (Phi) is 3.70. The van der Waals surface area contributed by atoms with E-state index < -0.39 is 17.2 Å². The van der Waals surface area contributed by atoms with Gasteiger partial charge in [0, 0.05) is 27.6 Å². The molecular formula is C6H2BrF2IN2O2. The number of rotatable bonds is 2. The Morgan fingerprint density at radius 3 is 2.64 bits per heavy atom. The van der Waals surface area contributed by atoms with Crippen LogP contribution < -0.4 is 0 Å². The van der Waals surface area contributed by atoms with E-state index >= 15 is 0 Å². The molecule has 0 aliphatic rings. The predicted octanol–water partition coefficient (Wildman–Crippen LogP) is 3.29. The summed E-state index contributed by atoms with van der Waals surface area (Å²) in [6.45, 7) is 0. The highest BCUT2D eigenvalue weighted by Crippen LogP contribution is 2.31. The Morgan fingerprint density at radius 1 is 1.64 bits per heavy atom. The molecule has 76 valence electrons. The van der Waals surface area contributed by atoms with E-state index in [9.17, 15) is 18.9 Å². The highest BCUT2D eigenvalue weighted by atomic mass is 127. The molecule has 0 aliphatic heterocycles. The predicted molar refractivity (Wildman–Crippen MR) is 56.3 cm³/mol. The Labute approximate surface area is 99.1 Å². The van der Waals surface area contributed by atoms with Crippen LogP contribution >= 0.6 is 38.5 Å². The van der Waals surface area contributed by atoms with Crippen molar-refractivity contribution in [3.63, 3.8) is 0 Å². The Morgan fingerprint density at radius 2 is 2.21 bits per heavy atom. The van der Waals surface area contributed by atoms with Crippen molar-refractivity contribution in [3.05, 3.63) is 29.9 Å². The number of alkyl halides is 2. The molecule has 0 saturated heterocycles.